The zero-order chi connectivity index (χ0) is 13.4. The van der Waals surface area contributed by atoms with Crippen LogP contribution in [0.4, 0.5) is 0 Å². The second kappa shape index (κ2) is 4.48. The summed E-state index contributed by atoms with van der Waals surface area (Å²) in [6, 6.07) is 8.21. The van der Waals surface area contributed by atoms with Gasteiger partial charge in [-0.05, 0) is 24.8 Å². The summed E-state index contributed by atoms with van der Waals surface area (Å²) in [6.07, 6.45) is 3.67. The van der Waals surface area contributed by atoms with E-state index >= 15 is 0 Å². The number of nitrogens with zero attached hydrogens (tertiary/aromatic N) is 3. The Balaban J connectivity index is 2.34. The average Bonchev–Trinajstić information content (AvgIpc) is 2.78. The van der Waals surface area contributed by atoms with Gasteiger partial charge in [-0.15, -0.1) is 0 Å². The Morgan fingerprint density at radius 2 is 1.84 bits per heavy atom. The maximum absolute atomic E-state index is 5.78. The van der Waals surface area contributed by atoms with E-state index in [4.69, 9.17) is 5.73 Å². The number of nitrogens with two attached hydrogens (primary N) is 1. The number of fused-ring (bicyclic) bond motifs is 1. The average molecular weight is 252 g/mol. The lowest BCUT2D eigenvalue weighted by atomic mass is 10.1. The van der Waals surface area contributed by atoms with Crippen molar-refractivity contribution in [3.63, 3.8) is 0 Å². The molecule has 0 atom stereocenters. The first kappa shape index (κ1) is 11.9. The van der Waals surface area contributed by atoms with Gasteiger partial charge in [0.1, 0.15) is 12.1 Å². The van der Waals surface area contributed by atoms with Crippen LogP contribution in [-0.4, -0.2) is 14.5 Å². The van der Waals surface area contributed by atoms with E-state index in [9.17, 15) is 0 Å². The maximum atomic E-state index is 5.78. The molecule has 0 aliphatic rings. The highest BCUT2D eigenvalue weighted by molar-refractivity contribution is 5.91. The van der Waals surface area contributed by atoms with Gasteiger partial charge >= 0.3 is 0 Å². The minimum absolute atomic E-state index is 0.496. The number of hydrogen-bond acceptors (Lipinski definition) is 3. The summed E-state index contributed by atoms with van der Waals surface area (Å²) >= 11 is 0. The van der Waals surface area contributed by atoms with Crippen molar-refractivity contribution >= 4 is 10.8 Å². The third-order valence-electron chi connectivity index (χ3n) is 3.56. The van der Waals surface area contributed by atoms with Gasteiger partial charge in [0.25, 0.3) is 0 Å². The molecule has 2 heterocycles. The lowest BCUT2D eigenvalue weighted by Gasteiger charge is -2.11. The van der Waals surface area contributed by atoms with Crippen molar-refractivity contribution in [1.29, 1.82) is 0 Å². The molecule has 2 aromatic heterocycles. The molecule has 96 valence electrons. The van der Waals surface area contributed by atoms with Gasteiger partial charge in [0.2, 0.25) is 0 Å². The molecule has 0 radical (unpaired) electrons. The SMILES string of the molecule is Cc1ncn(-c2ncc(CN)c3ccccc23)c1C. The van der Waals surface area contributed by atoms with Gasteiger partial charge < -0.3 is 5.73 Å². The monoisotopic (exact) mass is 252 g/mol. The highest BCUT2D eigenvalue weighted by Gasteiger charge is 2.11. The van der Waals surface area contributed by atoms with Crippen LogP contribution in [0.3, 0.4) is 0 Å². The van der Waals surface area contributed by atoms with Crippen LogP contribution < -0.4 is 5.73 Å². The van der Waals surface area contributed by atoms with E-state index in [-0.39, 0.29) is 0 Å². The van der Waals surface area contributed by atoms with Gasteiger partial charge in [-0.25, -0.2) is 9.97 Å². The molecule has 1 aromatic carbocycles. The van der Waals surface area contributed by atoms with E-state index in [1.165, 1.54) is 0 Å². The van der Waals surface area contributed by atoms with Crippen molar-refractivity contribution in [1.82, 2.24) is 14.5 Å². The van der Waals surface area contributed by atoms with E-state index in [0.717, 1.165) is 33.5 Å². The van der Waals surface area contributed by atoms with Crippen LogP contribution in [0, 0.1) is 13.8 Å². The zero-order valence-corrected chi connectivity index (χ0v) is 11.1. The number of aryl methyl sites for hydroxylation is 1. The molecule has 0 unspecified atom stereocenters. The number of aromatic nitrogens is 3. The summed E-state index contributed by atoms with van der Waals surface area (Å²) in [5.41, 5.74) is 8.97. The lowest BCUT2D eigenvalue weighted by molar-refractivity contribution is 0.952. The fraction of sp³-hybridized carbons (Fsp3) is 0.200. The van der Waals surface area contributed by atoms with Gasteiger partial charge in [0.05, 0.1) is 5.69 Å². The molecular weight excluding hydrogens is 236 g/mol. The summed E-state index contributed by atoms with van der Waals surface area (Å²) < 4.78 is 2.03. The molecule has 0 bridgehead atoms. The van der Waals surface area contributed by atoms with E-state index in [0.29, 0.717) is 6.54 Å². The predicted octanol–water partition coefficient (Wildman–Crippen LogP) is 2.50. The predicted molar refractivity (Wildman–Crippen MR) is 76.2 cm³/mol. The van der Waals surface area contributed by atoms with Crippen molar-refractivity contribution in [2.24, 2.45) is 5.73 Å². The number of imidazole rings is 1. The number of hydrogen-bond donors (Lipinski definition) is 1. The Morgan fingerprint density at radius 1 is 1.11 bits per heavy atom. The first-order valence-electron chi connectivity index (χ1n) is 6.30. The first-order chi connectivity index (χ1) is 9.22. The van der Waals surface area contributed by atoms with Gasteiger partial charge in [0, 0.05) is 23.8 Å². The second-order valence-electron chi connectivity index (χ2n) is 4.64. The molecule has 0 aliphatic carbocycles. The van der Waals surface area contributed by atoms with Crippen LogP contribution in [0.15, 0.2) is 36.8 Å². The molecular formula is C15H16N4. The van der Waals surface area contributed by atoms with E-state index in [1.807, 2.05) is 36.1 Å². The standard InChI is InChI=1S/C15H16N4/c1-10-11(2)19(9-18-10)15-14-6-4-3-5-13(14)12(7-16)8-17-15/h3-6,8-9H,7,16H2,1-2H3. The fourth-order valence-corrected chi connectivity index (χ4v) is 2.30. The van der Waals surface area contributed by atoms with E-state index in [1.54, 1.807) is 0 Å². The molecule has 0 aliphatic heterocycles. The third-order valence-corrected chi connectivity index (χ3v) is 3.56. The van der Waals surface area contributed by atoms with Crippen molar-refractivity contribution in [3.8, 4) is 5.82 Å². The largest absolute Gasteiger partial charge is 0.326 e. The Bertz CT molecular complexity index is 743. The summed E-state index contributed by atoms with van der Waals surface area (Å²) in [5.74, 6) is 0.908. The number of benzene rings is 1. The summed E-state index contributed by atoms with van der Waals surface area (Å²) in [4.78, 5) is 8.91. The number of pyridine rings is 1. The van der Waals surface area contributed by atoms with Crippen LogP contribution in [0.1, 0.15) is 17.0 Å². The van der Waals surface area contributed by atoms with Crippen molar-refractivity contribution < 1.29 is 0 Å². The van der Waals surface area contributed by atoms with Crippen LogP contribution in [0.5, 0.6) is 0 Å². The second-order valence-corrected chi connectivity index (χ2v) is 4.64. The van der Waals surface area contributed by atoms with Gasteiger partial charge in [0.15, 0.2) is 0 Å². The quantitative estimate of drug-likeness (QED) is 0.762. The first-order valence-corrected chi connectivity index (χ1v) is 6.30. The molecule has 0 saturated heterocycles. The molecule has 0 fully saturated rings. The maximum Gasteiger partial charge on any atom is 0.145 e. The summed E-state index contributed by atoms with van der Waals surface area (Å²) in [5, 5.41) is 2.26. The molecule has 0 saturated carbocycles. The van der Waals surface area contributed by atoms with Gasteiger partial charge in [-0.2, -0.15) is 0 Å². The Hall–Kier alpha value is -2.20. The molecule has 4 heteroatoms. The Kier molecular flexibility index (Phi) is 2.80. The molecule has 19 heavy (non-hydrogen) atoms. The summed E-state index contributed by atoms with van der Waals surface area (Å²) in [6.45, 7) is 4.55. The molecule has 4 nitrogen and oxygen atoms in total. The highest BCUT2D eigenvalue weighted by atomic mass is 15.1. The van der Waals surface area contributed by atoms with E-state index in [2.05, 4.69) is 29.0 Å². The Labute approximate surface area is 111 Å². The van der Waals surface area contributed by atoms with Gasteiger partial charge in [-0.3, -0.25) is 4.57 Å². The van der Waals surface area contributed by atoms with Gasteiger partial charge in [-0.1, -0.05) is 24.3 Å². The smallest absolute Gasteiger partial charge is 0.145 e. The van der Waals surface area contributed by atoms with Crippen molar-refractivity contribution in [2.45, 2.75) is 20.4 Å². The lowest BCUT2D eigenvalue weighted by Crippen LogP contribution is -2.04. The minimum atomic E-state index is 0.496. The van der Waals surface area contributed by atoms with Crippen LogP contribution in [0.25, 0.3) is 16.6 Å². The molecule has 0 amide bonds. The molecule has 2 N–H and O–H groups in total. The summed E-state index contributed by atoms with van der Waals surface area (Å²) in [7, 11) is 0. The minimum Gasteiger partial charge on any atom is -0.326 e. The van der Waals surface area contributed by atoms with Crippen LogP contribution in [-0.2, 0) is 6.54 Å². The zero-order valence-electron chi connectivity index (χ0n) is 11.1. The highest BCUT2D eigenvalue weighted by Crippen LogP contribution is 2.24. The normalized spacial score (nSPS) is 11.1. The van der Waals surface area contributed by atoms with Crippen LogP contribution in [0.2, 0.25) is 0 Å². The van der Waals surface area contributed by atoms with Crippen LogP contribution >= 0.6 is 0 Å². The topological polar surface area (TPSA) is 56.7 Å². The third kappa shape index (κ3) is 1.81. The molecule has 0 spiro atoms. The molecule has 3 rings (SSSR count). The van der Waals surface area contributed by atoms with Crippen molar-refractivity contribution in [2.75, 3.05) is 0 Å². The van der Waals surface area contributed by atoms with Crippen molar-refractivity contribution in [3.05, 3.63) is 53.7 Å². The number of rotatable bonds is 2. The Morgan fingerprint density at radius 3 is 2.47 bits per heavy atom. The fourth-order valence-electron chi connectivity index (χ4n) is 2.30. The molecule has 3 aromatic rings. The van der Waals surface area contributed by atoms with E-state index < -0.39 is 0 Å².